The molecule has 1 aliphatic carbocycles. The zero-order valence-electron chi connectivity index (χ0n) is 25.5. The number of nitrogens with zero attached hydrogens (tertiary/aromatic N) is 2. The normalized spacial score (nSPS) is 16.1. The van der Waals surface area contributed by atoms with Crippen LogP contribution in [0.2, 0.25) is 0 Å². The summed E-state index contributed by atoms with van der Waals surface area (Å²) in [6.45, 7) is 0. The number of hydrogen-bond donors (Lipinski definition) is 3. The number of carbonyl (C=O) groups excluding carboxylic acids is 4. The second-order valence-corrected chi connectivity index (χ2v) is 12.3. The molecule has 236 valence electrons. The Hall–Kier alpha value is -6.23. The molecular formula is C37H27N5O6. The molecule has 11 nitrogen and oxygen atoms in total. The summed E-state index contributed by atoms with van der Waals surface area (Å²) in [5, 5.41) is 5.24. The third kappa shape index (κ3) is 4.31. The molecule has 0 bridgehead atoms. The van der Waals surface area contributed by atoms with Crippen LogP contribution in [0, 0.1) is 0 Å². The number of rotatable bonds is 3. The van der Waals surface area contributed by atoms with E-state index in [9.17, 15) is 19.2 Å². The number of carbonyl (C=O) groups is 4. The van der Waals surface area contributed by atoms with Gasteiger partial charge in [-0.15, -0.1) is 0 Å². The Bertz CT molecular complexity index is 2240. The fourth-order valence-corrected chi connectivity index (χ4v) is 7.22. The molecular weight excluding hydrogens is 610 g/mol. The summed E-state index contributed by atoms with van der Waals surface area (Å²) in [5.41, 5.74) is 4.94. The summed E-state index contributed by atoms with van der Waals surface area (Å²) in [6, 6.07) is 20.0. The van der Waals surface area contributed by atoms with Crippen molar-refractivity contribution in [3.63, 3.8) is 0 Å². The predicted molar refractivity (Wildman–Crippen MR) is 176 cm³/mol. The number of pyridine rings is 1. The van der Waals surface area contributed by atoms with Gasteiger partial charge in [0, 0.05) is 49.8 Å². The van der Waals surface area contributed by atoms with Gasteiger partial charge in [-0.3, -0.25) is 29.4 Å². The van der Waals surface area contributed by atoms with Crippen LogP contribution in [-0.2, 0) is 0 Å². The first-order valence-corrected chi connectivity index (χ1v) is 15.9. The minimum absolute atomic E-state index is 0.0795. The topological polar surface area (TPSA) is 154 Å². The lowest BCUT2D eigenvalue weighted by Gasteiger charge is -2.36. The van der Waals surface area contributed by atoms with Crippen LogP contribution in [-0.4, -0.2) is 49.5 Å². The molecule has 0 radical (unpaired) electrons. The van der Waals surface area contributed by atoms with Crippen LogP contribution in [0.1, 0.15) is 73.5 Å². The second kappa shape index (κ2) is 10.7. The zero-order chi connectivity index (χ0) is 32.5. The molecule has 4 amide bonds. The van der Waals surface area contributed by atoms with E-state index in [0.29, 0.717) is 33.0 Å². The van der Waals surface area contributed by atoms with Crippen LogP contribution in [0.15, 0.2) is 88.1 Å². The van der Waals surface area contributed by atoms with E-state index in [-0.39, 0.29) is 17.9 Å². The van der Waals surface area contributed by atoms with Gasteiger partial charge in [-0.05, 0) is 79.6 Å². The van der Waals surface area contributed by atoms with Crippen molar-refractivity contribution in [2.75, 3.05) is 0 Å². The van der Waals surface area contributed by atoms with Crippen LogP contribution < -0.4 is 5.32 Å². The summed E-state index contributed by atoms with van der Waals surface area (Å²) < 4.78 is 10.8. The van der Waals surface area contributed by atoms with Crippen molar-refractivity contribution in [3.05, 3.63) is 102 Å². The van der Waals surface area contributed by atoms with Crippen molar-refractivity contribution < 1.29 is 28.0 Å². The molecule has 2 aromatic carbocycles. The number of fused-ring (bicyclic) bond motifs is 2. The smallest absolute Gasteiger partial charge is 0.261 e. The van der Waals surface area contributed by atoms with E-state index in [1.54, 1.807) is 36.8 Å². The Labute approximate surface area is 271 Å². The maximum atomic E-state index is 13.1. The monoisotopic (exact) mass is 637 g/mol. The summed E-state index contributed by atoms with van der Waals surface area (Å²) in [4.78, 5) is 63.2. The fraction of sp³-hybridized carbons (Fsp3) is 0.162. The highest BCUT2D eigenvalue weighted by molar-refractivity contribution is 6.33. The maximum Gasteiger partial charge on any atom is 0.261 e. The minimum atomic E-state index is -0.499. The SMILES string of the molecule is O=C1NC(=O)c2ccc3c4c(ccc1c24)C(=O)N(C1CCCCC1)C3=O.c1coc(-c2cc3cc4cc(-c5ccco5)[nH]c4nc3[nH]2)c1. The van der Waals surface area contributed by atoms with E-state index < -0.39 is 11.8 Å². The molecule has 0 spiro atoms. The summed E-state index contributed by atoms with van der Waals surface area (Å²) >= 11 is 0. The summed E-state index contributed by atoms with van der Waals surface area (Å²) in [5.74, 6) is -0.0365. The highest BCUT2D eigenvalue weighted by atomic mass is 16.3. The number of amides is 4. The number of aromatic nitrogens is 3. The minimum Gasteiger partial charge on any atom is -0.463 e. The number of aromatic amines is 2. The Morgan fingerprint density at radius 1 is 0.625 bits per heavy atom. The van der Waals surface area contributed by atoms with Gasteiger partial charge < -0.3 is 18.8 Å². The number of H-pyrrole nitrogens is 2. The molecule has 11 heteroatoms. The van der Waals surface area contributed by atoms with E-state index in [1.807, 2.05) is 36.4 Å². The van der Waals surface area contributed by atoms with Crippen LogP contribution in [0.25, 0.3) is 55.7 Å². The van der Waals surface area contributed by atoms with Crippen LogP contribution in [0.3, 0.4) is 0 Å². The van der Waals surface area contributed by atoms with Gasteiger partial charge in [-0.25, -0.2) is 4.98 Å². The van der Waals surface area contributed by atoms with Crippen molar-refractivity contribution in [1.29, 1.82) is 0 Å². The van der Waals surface area contributed by atoms with Crippen molar-refractivity contribution >= 4 is 56.5 Å². The first-order valence-electron chi connectivity index (χ1n) is 15.9. The van der Waals surface area contributed by atoms with E-state index in [4.69, 9.17) is 8.83 Å². The van der Waals surface area contributed by atoms with Crippen LogP contribution in [0.5, 0.6) is 0 Å². The zero-order valence-corrected chi connectivity index (χ0v) is 25.5. The number of nitrogens with one attached hydrogen (secondary N) is 3. The lowest BCUT2D eigenvalue weighted by molar-refractivity contribution is 0.0501. The highest BCUT2D eigenvalue weighted by Gasteiger charge is 2.40. The number of benzene rings is 2. The van der Waals surface area contributed by atoms with Crippen molar-refractivity contribution in [1.82, 2.24) is 25.2 Å². The molecule has 0 unspecified atom stereocenters. The third-order valence-corrected chi connectivity index (χ3v) is 9.48. The van der Waals surface area contributed by atoms with Gasteiger partial charge in [-0.2, -0.15) is 0 Å². The molecule has 48 heavy (non-hydrogen) atoms. The highest BCUT2D eigenvalue weighted by Crippen LogP contribution is 2.38. The molecule has 10 rings (SSSR count). The Balaban J connectivity index is 0.000000132. The average molecular weight is 638 g/mol. The molecule has 7 heterocycles. The van der Waals surface area contributed by atoms with Crippen molar-refractivity contribution in [3.8, 4) is 22.9 Å². The molecule has 1 fully saturated rings. The molecule has 5 aromatic heterocycles. The predicted octanol–water partition coefficient (Wildman–Crippen LogP) is 7.22. The van der Waals surface area contributed by atoms with E-state index in [0.717, 1.165) is 77.1 Å². The Morgan fingerprint density at radius 2 is 1.12 bits per heavy atom. The van der Waals surface area contributed by atoms with Gasteiger partial charge in [0.1, 0.15) is 22.8 Å². The fourth-order valence-electron chi connectivity index (χ4n) is 7.22. The van der Waals surface area contributed by atoms with E-state index >= 15 is 0 Å². The largest absolute Gasteiger partial charge is 0.463 e. The maximum absolute atomic E-state index is 13.1. The Kier molecular flexibility index (Phi) is 6.23. The van der Waals surface area contributed by atoms with Gasteiger partial charge >= 0.3 is 0 Å². The van der Waals surface area contributed by atoms with Crippen LogP contribution >= 0.6 is 0 Å². The second-order valence-electron chi connectivity index (χ2n) is 12.3. The van der Waals surface area contributed by atoms with Crippen molar-refractivity contribution in [2.24, 2.45) is 0 Å². The van der Waals surface area contributed by atoms with Crippen LogP contribution in [0.4, 0.5) is 0 Å². The molecule has 0 atom stereocenters. The molecule has 0 saturated heterocycles. The first-order chi connectivity index (χ1) is 23.4. The van der Waals surface area contributed by atoms with Gasteiger partial charge in [0.05, 0.1) is 23.9 Å². The van der Waals surface area contributed by atoms with Gasteiger partial charge in [0.2, 0.25) is 0 Å². The summed E-state index contributed by atoms with van der Waals surface area (Å²) in [6.07, 6.45) is 8.12. The molecule has 3 aliphatic rings. The average Bonchev–Trinajstić information content (AvgIpc) is 3.92. The number of furan rings is 2. The van der Waals surface area contributed by atoms with Gasteiger partial charge in [0.15, 0.2) is 0 Å². The first kappa shape index (κ1) is 28.0. The van der Waals surface area contributed by atoms with E-state index in [2.05, 4.69) is 26.3 Å². The molecule has 3 N–H and O–H groups in total. The number of hydrogen-bond acceptors (Lipinski definition) is 7. The Morgan fingerprint density at radius 3 is 1.62 bits per heavy atom. The third-order valence-electron chi connectivity index (χ3n) is 9.48. The lowest BCUT2D eigenvalue weighted by Crippen LogP contribution is -2.48. The molecule has 7 aromatic rings. The van der Waals surface area contributed by atoms with Gasteiger partial charge in [-0.1, -0.05) is 19.3 Å². The lowest BCUT2D eigenvalue weighted by atomic mass is 9.85. The molecule has 1 saturated carbocycles. The van der Waals surface area contributed by atoms with E-state index in [1.165, 1.54) is 4.90 Å². The quantitative estimate of drug-likeness (QED) is 0.173. The molecule has 2 aliphatic heterocycles. The number of imide groups is 2. The standard InChI is InChI=1S/C20H16N2O4.C17H11N3O2/c23-17-11-6-8-13-16-14(9-7-12(15(11)16)18(24)21-17)20(26)22(19(13)25)10-4-2-1-3-5-10;1-3-14(21-5-1)12-8-10-7-11-9-13(15-4-2-6-22-15)19-17(11)20-16(10)18-12/h6-10H,1-5H2,(H,21,23,24);1-9H,(H2,18,19,20). The summed E-state index contributed by atoms with van der Waals surface area (Å²) in [7, 11) is 0. The van der Waals surface area contributed by atoms with Gasteiger partial charge in [0.25, 0.3) is 23.6 Å². The van der Waals surface area contributed by atoms with Crippen molar-refractivity contribution in [2.45, 2.75) is 38.1 Å².